The van der Waals surface area contributed by atoms with E-state index in [2.05, 4.69) is 10.1 Å². The predicted octanol–water partition coefficient (Wildman–Crippen LogP) is 0.795. The van der Waals surface area contributed by atoms with Gasteiger partial charge in [0.25, 0.3) is 5.89 Å². The lowest BCUT2D eigenvalue weighted by molar-refractivity contribution is 0.0217. The van der Waals surface area contributed by atoms with Crippen LogP contribution in [-0.2, 0) is 4.74 Å². The third-order valence-corrected chi connectivity index (χ3v) is 2.17. The second-order valence-electron chi connectivity index (χ2n) is 3.86. The van der Waals surface area contributed by atoms with Crippen molar-refractivity contribution in [1.29, 1.82) is 0 Å². The number of ether oxygens (including phenoxy) is 1. The molecule has 0 aliphatic carbocycles. The first-order chi connectivity index (χ1) is 7.60. The first-order valence-electron chi connectivity index (χ1n) is 5.43. The van der Waals surface area contributed by atoms with Gasteiger partial charge in [0.1, 0.15) is 12.2 Å². The molecule has 1 heterocycles. The van der Waals surface area contributed by atoms with Crippen LogP contribution in [0.4, 0.5) is 0 Å². The minimum Gasteiger partial charge on any atom is -0.382 e. The van der Waals surface area contributed by atoms with Gasteiger partial charge in [-0.15, -0.1) is 0 Å². The van der Waals surface area contributed by atoms with Crippen LogP contribution in [0.2, 0.25) is 0 Å². The summed E-state index contributed by atoms with van der Waals surface area (Å²) < 4.78 is 10.4. The molecule has 0 aliphatic rings. The van der Waals surface area contributed by atoms with Gasteiger partial charge in [0.15, 0.2) is 0 Å². The van der Waals surface area contributed by atoms with E-state index in [0.717, 1.165) is 0 Å². The first-order valence-corrected chi connectivity index (χ1v) is 5.43. The Hall–Kier alpha value is -0.980. The molecule has 0 amide bonds. The number of nitrogens with zero attached hydrogens (tertiary/aromatic N) is 2. The summed E-state index contributed by atoms with van der Waals surface area (Å²) in [6.07, 6.45) is -1.12. The largest absolute Gasteiger partial charge is 0.382 e. The second kappa shape index (κ2) is 5.93. The van der Waals surface area contributed by atoms with Crippen LogP contribution in [0.25, 0.3) is 0 Å². The Labute approximate surface area is 94.8 Å². The summed E-state index contributed by atoms with van der Waals surface area (Å²) >= 11 is 0. The van der Waals surface area contributed by atoms with Crippen molar-refractivity contribution in [3.8, 4) is 0 Å². The van der Waals surface area contributed by atoms with Crippen molar-refractivity contribution >= 4 is 0 Å². The molecule has 0 saturated carbocycles. The molecule has 1 rings (SSSR count). The molecule has 0 saturated heterocycles. The van der Waals surface area contributed by atoms with Gasteiger partial charge in [-0.25, -0.2) is 0 Å². The number of aliphatic hydroxyl groups excluding tert-OH is 1. The molecule has 0 fully saturated rings. The van der Waals surface area contributed by atoms with Crippen LogP contribution in [0.15, 0.2) is 4.52 Å². The highest BCUT2D eigenvalue weighted by molar-refractivity contribution is 4.95. The topological polar surface area (TPSA) is 94.4 Å². The molecule has 2 atom stereocenters. The lowest BCUT2D eigenvalue weighted by Gasteiger charge is -2.16. The van der Waals surface area contributed by atoms with Gasteiger partial charge in [0.05, 0.1) is 0 Å². The third kappa shape index (κ3) is 3.01. The molecule has 16 heavy (non-hydrogen) atoms. The smallest absolute Gasteiger partial charge is 0.256 e. The number of hydrogen-bond acceptors (Lipinski definition) is 6. The molecule has 0 radical (unpaired) electrons. The molecule has 0 spiro atoms. The molecule has 6 nitrogen and oxygen atoms in total. The molecule has 3 N–H and O–H groups in total. The fourth-order valence-electron chi connectivity index (χ4n) is 1.34. The van der Waals surface area contributed by atoms with Crippen molar-refractivity contribution < 1.29 is 14.4 Å². The van der Waals surface area contributed by atoms with Gasteiger partial charge in [0.2, 0.25) is 5.82 Å². The lowest BCUT2D eigenvalue weighted by Crippen LogP contribution is -2.14. The van der Waals surface area contributed by atoms with Crippen molar-refractivity contribution in [3.63, 3.8) is 0 Å². The number of hydrogen-bond donors (Lipinski definition) is 2. The Balaban J connectivity index is 2.81. The maximum atomic E-state index is 9.43. The Kier molecular flexibility index (Phi) is 4.85. The fraction of sp³-hybridized carbons (Fsp3) is 0.800. The highest BCUT2D eigenvalue weighted by Crippen LogP contribution is 2.24. The minimum atomic E-state index is -0.907. The van der Waals surface area contributed by atoms with E-state index in [1.165, 1.54) is 0 Å². The van der Waals surface area contributed by atoms with E-state index in [1.807, 2.05) is 20.8 Å². The lowest BCUT2D eigenvalue weighted by atomic mass is 10.1. The average Bonchev–Trinajstić information content (AvgIpc) is 2.73. The quantitative estimate of drug-likeness (QED) is 0.749. The van der Waals surface area contributed by atoms with E-state index in [4.69, 9.17) is 15.0 Å². The van der Waals surface area contributed by atoms with Gasteiger partial charge in [-0.05, 0) is 12.8 Å². The fourth-order valence-corrected chi connectivity index (χ4v) is 1.34. The normalized spacial score (nSPS) is 15.4. The Bertz CT molecular complexity index is 314. The van der Waals surface area contributed by atoms with Gasteiger partial charge in [-0.1, -0.05) is 19.0 Å². The zero-order valence-corrected chi connectivity index (χ0v) is 9.88. The SMILES string of the molecule is CCOC(c1noc([C@@H](O)CN)n1)C(C)C. The summed E-state index contributed by atoms with van der Waals surface area (Å²) in [5, 5.41) is 13.2. The van der Waals surface area contributed by atoms with Gasteiger partial charge in [-0.2, -0.15) is 4.98 Å². The zero-order chi connectivity index (χ0) is 12.1. The first kappa shape index (κ1) is 13.1. The zero-order valence-electron chi connectivity index (χ0n) is 9.88. The Morgan fingerprint density at radius 1 is 1.50 bits per heavy atom. The van der Waals surface area contributed by atoms with E-state index in [0.29, 0.717) is 12.4 Å². The van der Waals surface area contributed by atoms with Crippen molar-refractivity contribution in [2.24, 2.45) is 11.7 Å². The van der Waals surface area contributed by atoms with Crippen LogP contribution in [-0.4, -0.2) is 28.4 Å². The van der Waals surface area contributed by atoms with E-state index >= 15 is 0 Å². The molecule has 6 heteroatoms. The summed E-state index contributed by atoms with van der Waals surface area (Å²) in [7, 11) is 0. The van der Waals surface area contributed by atoms with E-state index in [1.54, 1.807) is 0 Å². The Morgan fingerprint density at radius 2 is 2.19 bits per heavy atom. The molecule has 0 aromatic carbocycles. The summed E-state index contributed by atoms with van der Waals surface area (Å²) in [5.41, 5.74) is 5.30. The molecule has 1 unspecified atom stereocenters. The average molecular weight is 229 g/mol. The molecule has 0 aliphatic heterocycles. The monoisotopic (exact) mass is 229 g/mol. The Morgan fingerprint density at radius 3 is 2.69 bits per heavy atom. The van der Waals surface area contributed by atoms with E-state index in [-0.39, 0.29) is 24.5 Å². The van der Waals surface area contributed by atoms with Gasteiger partial charge in [0, 0.05) is 13.2 Å². The van der Waals surface area contributed by atoms with Crippen LogP contribution in [0.1, 0.15) is 44.7 Å². The van der Waals surface area contributed by atoms with Crippen molar-refractivity contribution in [2.75, 3.05) is 13.2 Å². The third-order valence-electron chi connectivity index (χ3n) is 2.17. The standard InChI is InChI=1S/C10H19N3O3/c1-4-15-8(6(2)3)9-12-10(16-13-9)7(14)5-11/h6-8,14H,4-5,11H2,1-3H3/t7-,8?/m0/s1. The van der Waals surface area contributed by atoms with Crippen molar-refractivity contribution in [1.82, 2.24) is 10.1 Å². The van der Waals surface area contributed by atoms with Gasteiger partial charge in [-0.3, -0.25) is 0 Å². The van der Waals surface area contributed by atoms with E-state index < -0.39 is 6.10 Å². The maximum absolute atomic E-state index is 9.43. The number of aromatic nitrogens is 2. The predicted molar refractivity (Wildman–Crippen MR) is 57.5 cm³/mol. The highest BCUT2D eigenvalue weighted by Gasteiger charge is 2.23. The minimum absolute atomic E-state index is 0.0581. The van der Waals surface area contributed by atoms with Crippen LogP contribution < -0.4 is 5.73 Å². The molecule has 1 aromatic heterocycles. The summed E-state index contributed by atoms with van der Waals surface area (Å²) in [5.74, 6) is 0.836. The second-order valence-corrected chi connectivity index (χ2v) is 3.86. The number of rotatable bonds is 6. The van der Waals surface area contributed by atoms with E-state index in [9.17, 15) is 5.11 Å². The number of nitrogens with two attached hydrogens (primary N) is 1. The molecular weight excluding hydrogens is 210 g/mol. The maximum Gasteiger partial charge on any atom is 0.256 e. The molecule has 92 valence electrons. The van der Waals surface area contributed by atoms with Crippen LogP contribution in [0, 0.1) is 5.92 Å². The van der Waals surface area contributed by atoms with Crippen LogP contribution in [0.3, 0.4) is 0 Å². The molecule has 0 bridgehead atoms. The van der Waals surface area contributed by atoms with Crippen LogP contribution in [0.5, 0.6) is 0 Å². The number of aliphatic hydroxyl groups is 1. The summed E-state index contributed by atoms with van der Waals surface area (Å²) in [6, 6.07) is 0. The molecule has 1 aromatic rings. The van der Waals surface area contributed by atoms with Crippen LogP contribution >= 0.6 is 0 Å². The summed E-state index contributed by atoms with van der Waals surface area (Å²) in [6.45, 7) is 6.56. The van der Waals surface area contributed by atoms with Gasteiger partial charge < -0.3 is 20.1 Å². The molecular formula is C10H19N3O3. The summed E-state index contributed by atoms with van der Waals surface area (Å²) in [4.78, 5) is 4.09. The van der Waals surface area contributed by atoms with Gasteiger partial charge >= 0.3 is 0 Å². The van der Waals surface area contributed by atoms with Crippen molar-refractivity contribution in [2.45, 2.75) is 33.0 Å². The van der Waals surface area contributed by atoms with Crippen molar-refractivity contribution in [3.05, 3.63) is 11.7 Å². The highest BCUT2D eigenvalue weighted by atomic mass is 16.5.